The van der Waals surface area contributed by atoms with Crippen molar-refractivity contribution in [2.45, 2.75) is 19.8 Å². The number of nitro benzene ring substituents is 1. The van der Waals surface area contributed by atoms with E-state index in [2.05, 4.69) is 11.8 Å². The maximum Gasteiger partial charge on any atom is 0.310 e. The monoisotopic (exact) mass is 321 g/mol. The van der Waals surface area contributed by atoms with Crippen molar-refractivity contribution in [1.82, 2.24) is 9.80 Å². The Bertz CT molecular complexity index is 542. The molecule has 23 heavy (non-hydrogen) atoms. The van der Waals surface area contributed by atoms with Crippen molar-refractivity contribution in [1.29, 1.82) is 0 Å². The molecular weight excluding hydrogens is 298 g/mol. The molecule has 0 aromatic heterocycles. The van der Waals surface area contributed by atoms with Gasteiger partial charge in [0.15, 0.2) is 5.75 Å². The van der Waals surface area contributed by atoms with Gasteiger partial charge < -0.3 is 14.5 Å². The third-order valence-electron chi connectivity index (χ3n) is 4.03. The summed E-state index contributed by atoms with van der Waals surface area (Å²) in [6, 6.07) is 6.28. The van der Waals surface area contributed by atoms with Crippen LogP contribution in [0, 0.1) is 10.1 Å². The molecular formula is C16H23N3O4. The molecule has 1 aliphatic heterocycles. The summed E-state index contributed by atoms with van der Waals surface area (Å²) in [7, 11) is 0. The van der Waals surface area contributed by atoms with Crippen LogP contribution in [0.25, 0.3) is 0 Å². The van der Waals surface area contributed by atoms with Crippen molar-refractivity contribution in [2.75, 3.05) is 39.3 Å². The Morgan fingerprint density at radius 2 is 1.96 bits per heavy atom. The molecule has 0 spiro atoms. The van der Waals surface area contributed by atoms with E-state index in [1.807, 2.05) is 4.90 Å². The second-order valence-electron chi connectivity index (χ2n) is 5.49. The molecule has 0 saturated carbocycles. The molecule has 0 bridgehead atoms. The van der Waals surface area contributed by atoms with Crippen LogP contribution in [0.4, 0.5) is 5.69 Å². The molecule has 1 fully saturated rings. The lowest BCUT2D eigenvalue weighted by Gasteiger charge is -2.34. The van der Waals surface area contributed by atoms with Crippen molar-refractivity contribution >= 4 is 11.6 Å². The van der Waals surface area contributed by atoms with Crippen LogP contribution in [0.5, 0.6) is 5.75 Å². The highest BCUT2D eigenvalue weighted by atomic mass is 16.6. The Balaban J connectivity index is 1.71. The van der Waals surface area contributed by atoms with Crippen LogP contribution in [0.3, 0.4) is 0 Å². The molecule has 0 radical (unpaired) electrons. The minimum absolute atomic E-state index is 0.0467. The Kier molecular flexibility index (Phi) is 6.34. The molecule has 1 heterocycles. The van der Waals surface area contributed by atoms with Gasteiger partial charge in [-0.25, -0.2) is 0 Å². The summed E-state index contributed by atoms with van der Waals surface area (Å²) in [6.07, 6.45) is 0.964. The predicted octanol–water partition coefficient (Wildman–Crippen LogP) is 1.92. The number of nitrogens with zero attached hydrogens (tertiary/aromatic N) is 3. The zero-order valence-corrected chi connectivity index (χ0v) is 13.4. The molecule has 1 aliphatic rings. The molecule has 0 N–H and O–H groups in total. The predicted molar refractivity (Wildman–Crippen MR) is 86.5 cm³/mol. The third-order valence-corrected chi connectivity index (χ3v) is 4.03. The van der Waals surface area contributed by atoms with Crippen LogP contribution >= 0.6 is 0 Å². The molecule has 2 rings (SSSR count). The Morgan fingerprint density at radius 3 is 2.61 bits per heavy atom. The topological polar surface area (TPSA) is 75.9 Å². The van der Waals surface area contributed by atoms with Crippen LogP contribution in [0.1, 0.15) is 19.8 Å². The molecule has 1 saturated heterocycles. The third kappa shape index (κ3) is 4.92. The summed E-state index contributed by atoms with van der Waals surface area (Å²) in [5, 5.41) is 10.9. The number of hydrogen-bond donors (Lipinski definition) is 0. The van der Waals surface area contributed by atoms with Gasteiger partial charge in [-0.2, -0.15) is 0 Å². The van der Waals surface area contributed by atoms with Gasteiger partial charge in [0.1, 0.15) is 0 Å². The Labute approximate surface area is 136 Å². The summed E-state index contributed by atoms with van der Waals surface area (Å²) >= 11 is 0. The number of carbonyl (C=O) groups is 1. The van der Waals surface area contributed by atoms with Crippen molar-refractivity contribution < 1.29 is 14.5 Å². The van der Waals surface area contributed by atoms with Crippen LogP contribution < -0.4 is 4.74 Å². The molecule has 1 amide bonds. The summed E-state index contributed by atoms with van der Waals surface area (Å²) in [5.74, 6) is 0.383. The smallest absolute Gasteiger partial charge is 0.310 e. The number of ether oxygens (including phenoxy) is 1. The van der Waals surface area contributed by atoms with E-state index in [-0.39, 0.29) is 17.3 Å². The first-order chi connectivity index (χ1) is 11.1. The molecule has 1 aromatic carbocycles. The van der Waals surface area contributed by atoms with Crippen molar-refractivity contribution in [3.05, 3.63) is 34.4 Å². The highest BCUT2D eigenvalue weighted by Gasteiger charge is 2.20. The summed E-state index contributed by atoms with van der Waals surface area (Å²) in [5.41, 5.74) is -0.0467. The number of hydrogen-bond acceptors (Lipinski definition) is 5. The second-order valence-corrected chi connectivity index (χ2v) is 5.49. The van der Waals surface area contributed by atoms with Gasteiger partial charge >= 0.3 is 5.69 Å². The average Bonchev–Trinajstić information content (AvgIpc) is 2.58. The lowest BCUT2D eigenvalue weighted by molar-refractivity contribution is -0.385. The highest BCUT2D eigenvalue weighted by Crippen LogP contribution is 2.25. The maximum atomic E-state index is 12.1. The van der Waals surface area contributed by atoms with E-state index in [1.54, 1.807) is 18.2 Å². The average molecular weight is 321 g/mol. The van der Waals surface area contributed by atoms with Gasteiger partial charge in [-0.15, -0.1) is 0 Å². The Hall–Kier alpha value is -2.15. The number of likely N-dealkylation sites (N-methyl/N-ethyl adjacent to an activating group) is 1. The molecule has 0 atom stereocenters. The van der Waals surface area contributed by atoms with Gasteiger partial charge in [-0.1, -0.05) is 19.1 Å². The van der Waals surface area contributed by atoms with E-state index in [0.29, 0.717) is 19.4 Å². The number of nitro groups is 1. The first-order valence-electron chi connectivity index (χ1n) is 7.98. The molecule has 7 heteroatoms. The standard InChI is InChI=1S/C16H23N3O4/c1-2-17-9-11-18(12-10-17)16(20)8-5-13-23-15-7-4-3-6-14(15)19(21)22/h3-4,6-7H,2,5,8-13H2,1H3. The van der Waals surface area contributed by atoms with Gasteiger partial charge in [0.05, 0.1) is 11.5 Å². The fourth-order valence-electron chi connectivity index (χ4n) is 2.61. The van der Waals surface area contributed by atoms with E-state index >= 15 is 0 Å². The van der Waals surface area contributed by atoms with Crippen LogP contribution in [-0.4, -0.2) is 60.0 Å². The number of benzene rings is 1. The zero-order valence-electron chi connectivity index (χ0n) is 13.4. The fraction of sp³-hybridized carbons (Fsp3) is 0.562. The number of para-hydroxylation sites is 2. The van der Waals surface area contributed by atoms with E-state index in [0.717, 1.165) is 32.7 Å². The van der Waals surface area contributed by atoms with Gasteiger partial charge in [-0.3, -0.25) is 14.9 Å². The number of carbonyl (C=O) groups excluding carboxylic acids is 1. The molecule has 126 valence electrons. The second kappa shape index (κ2) is 8.47. The largest absolute Gasteiger partial charge is 0.487 e. The summed E-state index contributed by atoms with van der Waals surface area (Å²) in [6.45, 7) is 6.84. The number of piperazine rings is 1. The van der Waals surface area contributed by atoms with Crippen LogP contribution in [0.2, 0.25) is 0 Å². The highest BCUT2D eigenvalue weighted by molar-refractivity contribution is 5.76. The molecule has 0 aliphatic carbocycles. The normalized spacial score (nSPS) is 15.4. The molecule has 7 nitrogen and oxygen atoms in total. The minimum Gasteiger partial charge on any atom is -0.487 e. The van der Waals surface area contributed by atoms with Crippen molar-refractivity contribution in [2.24, 2.45) is 0 Å². The van der Waals surface area contributed by atoms with Gasteiger partial charge in [0.25, 0.3) is 0 Å². The van der Waals surface area contributed by atoms with Gasteiger partial charge in [0, 0.05) is 38.7 Å². The van der Waals surface area contributed by atoms with E-state index in [9.17, 15) is 14.9 Å². The Morgan fingerprint density at radius 1 is 1.26 bits per heavy atom. The van der Waals surface area contributed by atoms with Gasteiger partial charge in [-0.05, 0) is 19.0 Å². The first-order valence-corrected chi connectivity index (χ1v) is 7.98. The van der Waals surface area contributed by atoms with Gasteiger partial charge in [0.2, 0.25) is 5.91 Å². The molecule has 1 aromatic rings. The van der Waals surface area contributed by atoms with E-state index in [4.69, 9.17) is 4.74 Å². The lowest BCUT2D eigenvalue weighted by atomic mass is 10.2. The molecule has 0 unspecified atom stereocenters. The van der Waals surface area contributed by atoms with Crippen LogP contribution in [-0.2, 0) is 4.79 Å². The van der Waals surface area contributed by atoms with Crippen molar-refractivity contribution in [3.63, 3.8) is 0 Å². The lowest BCUT2D eigenvalue weighted by Crippen LogP contribution is -2.48. The zero-order chi connectivity index (χ0) is 16.7. The SMILES string of the molecule is CCN1CCN(C(=O)CCCOc2ccccc2[N+](=O)[O-])CC1. The fourth-order valence-corrected chi connectivity index (χ4v) is 2.61. The number of rotatable bonds is 7. The van der Waals surface area contributed by atoms with E-state index in [1.165, 1.54) is 6.07 Å². The summed E-state index contributed by atoms with van der Waals surface area (Å²) in [4.78, 5) is 26.7. The number of amides is 1. The van der Waals surface area contributed by atoms with Crippen molar-refractivity contribution in [3.8, 4) is 5.75 Å². The minimum atomic E-state index is -0.465. The first kappa shape index (κ1) is 17.2. The summed E-state index contributed by atoms with van der Waals surface area (Å²) < 4.78 is 5.45. The quantitative estimate of drug-likeness (QED) is 0.436. The van der Waals surface area contributed by atoms with Crippen LogP contribution in [0.15, 0.2) is 24.3 Å². The maximum absolute atomic E-state index is 12.1. The van der Waals surface area contributed by atoms with E-state index < -0.39 is 4.92 Å².